The second-order valence-electron chi connectivity index (χ2n) is 4.95. The number of rotatable bonds is 4. The molecule has 6 heteroatoms. The van der Waals surface area contributed by atoms with Crippen molar-refractivity contribution < 1.29 is 13.5 Å². The Hall–Kier alpha value is -1.06. The summed E-state index contributed by atoms with van der Waals surface area (Å²) in [4.78, 5) is 0.0234. The molecule has 0 aliphatic carbocycles. The van der Waals surface area contributed by atoms with Crippen molar-refractivity contribution in [1.29, 1.82) is 0 Å². The van der Waals surface area contributed by atoms with E-state index in [1.54, 1.807) is 19.9 Å². The highest BCUT2D eigenvalue weighted by atomic mass is 35.5. The molecule has 4 nitrogen and oxygen atoms in total. The highest BCUT2D eigenvalue weighted by molar-refractivity contribution is 7.89. The average Bonchev–Trinajstić information content (AvgIpc) is 2.34. The van der Waals surface area contributed by atoms with E-state index in [-0.39, 0.29) is 16.5 Å². The van der Waals surface area contributed by atoms with E-state index in [1.807, 2.05) is 6.92 Å². The van der Waals surface area contributed by atoms with Gasteiger partial charge in [-0.05, 0) is 38.5 Å². The third kappa shape index (κ3) is 4.50. The summed E-state index contributed by atoms with van der Waals surface area (Å²) in [6.07, 6.45) is 0.657. The lowest BCUT2D eigenvalue weighted by atomic mass is 10.0. The quantitative estimate of drug-likeness (QED) is 0.837. The van der Waals surface area contributed by atoms with Crippen LogP contribution in [-0.4, -0.2) is 25.7 Å². The zero-order valence-electron chi connectivity index (χ0n) is 11.7. The fourth-order valence-corrected chi connectivity index (χ4v) is 3.46. The van der Waals surface area contributed by atoms with Gasteiger partial charge in [0.25, 0.3) is 0 Å². The molecule has 1 aromatic carbocycles. The van der Waals surface area contributed by atoms with Gasteiger partial charge >= 0.3 is 0 Å². The first kappa shape index (κ1) is 17.0. The van der Waals surface area contributed by atoms with E-state index >= 15 is 0 Å². The number of hydrogen-bond donors (Lipinski definition) is 2. The Labute approximate surface area is 125 Å². The number of benzene rings is 1. The lowest BCUT2D eigenvalue weighted by molar-refractivity contribution is 0.350. The largest absolute Gasteiger partial charge is 0.384 e. The van der Waals surface area contributed by atoms with Gasteiger partial charge in [-0.15, -0.1) is 0 Å². The molecule has 110 valence electrons. The summed E-state index contributed by atoms with van der Waals surface area (Å²) in [6.45, 7) is 5.25. The topological polar surface area (TPSA) is 66.4 Å². The van der Waals surface area contributed by atoms with Gasteiger partial charge in [0.1, 0.15) is 11.5 Å². The average molecular weight is 316 g/mol. The predicted molar refractivity (Wildman–Crippen MR) is 80.1 cm³/mol. The Kier molecular flexibility index (Phi) is 5.60. The summed E-state index contributed by atoms with van der Waals surface area (Å²) < 4.78 is 27.2. The molecular weight excluding hydrogens is 298 g/mol. The summed E-state index contributed by atoms with van der Waals surface area (Å²) in [5, 5.41) is 8.73. The Morgan fingerprint density at radius 2 is 2.05 bits per heavy atom. The van der Waals surface area contributed by atoms with Crippen LogP contribution < -0.4 is 4.72 Å². The van der Waals surface area contributed by atoms with Crippen molar-refractivity contribution in [2.24, 2.45) is 0 Å². The van der Waals surface area contributed by atoms with E-state index in [2.05, 4.69) is 16.6 Å². The van der Waals surface area contributed by atoms with Crippen molar-refractivity contribution in [2.45, 2.75) is 37.6 Å². The molecule has 0 aliphatic rings. The number of sulfonamides is 1. The number of hydrogen-bond acceptors (Lipinski definition) is 3. The van der Waals surface area contributed by atoms with Gasteiger partial charge in [-0.25, -0.2) is 13.1 Å². The number of aliphatic hydroxyl groups excluding tert-OH is 1. The molecule has 0 saturated heterocycles. The highest BCUT2D eigenvalue weighted by Crippen LogP contribution is 2.24. The molecule has 0 saturated carbocycles. The lowest BCUT2D eigenvalue weighted by Gasteiger charge is -2.24. The van der Waals surface area contributed by atoms with Gasteiger partial charge in [-0.3, -0.25) is 0 Å². The van der Waals surface area contributed by atoms with E-state index in [0.717, 1.165) is 0 Å². The van der Waals surface area contributed by atoms with Gasteiger partial charge in [-0.2, -0.15) is 0 Å². The molecule has 1 aromatic rings. The first-order valence-electron chi connectivity index (χ1n) is 6.15. The zero-order valence-corrected chi connectivity index (χ0v) is 13.3. The maximum atomic E-state index is 12.3. The molecule has 0 amide bonds. The first-order valence-corrected chi connectivity index (χ1v) is 8.01. The SMILES string of the molecule is CCC(C)(C)NS(=O)(=O)c1ccc(C#CCO)cc1Cl. The second-order valence-corrected chi connectivity index (χ2v) is 7.01. The number of nitrogens with one attached hydrogen (secondary N) is 1. The summed E-state index contributed by atoms with van der Waals surface area (Å²) in [6, 6.07) is 4.44. The molecule has 0 atom stereocenters. The van der Waals surface area contributed by atoms with Crippen LogP contribution in [0.1, 0.15) is 32.8 Å². The van der Waals surface area contributed by atoms with E-state index in [4.69, 9.17) is 16.7 Å². The van der Waals surface area contributed by atoms with Crippen LogP contribution in [0, 0.1) is 11.8 Å². The fourth-order valence-electron chi connectivity index (χ4n) is 1.43. The lowest BCUT2D eigenvalue weighted by Crippen LogP contribution is -2.42. The smallest absolute Gasteiger partial charge is 0.242 e. The summed E-state index contributed by atoms with van der Waals surface area (Å²) in [5.74, 6) is 5.15. The van der Waals surface area contributed by atoms with Crippen LogP contribution in [0.2, 0.25) is 5.02 Å². The highest BCUT2D eigenvalue weighted by Gasteiger charge is 2.26. The maximum Gasteiger partial charge on any atom is 0.242 e. The van der Waals surface area contributed by atoms with E-state index < -0.39 is 15.6 Å². The molecule has 0 unspecified atom stereocenters. The maximum absolute atomic E-state index is 12.3. The Morgan fingerprint density at radius 1 is 1.40 bits per heavy atom. The minimum atomic E-state index is -3.68. The molecule has 20 heavy (non-hydrogen) atoms. The third-order valence-electron chi connectivity index (χ3n) is 2.83. The molecule has 0 heterocycles. The number of halogens is 1. The van der Waals surface area contributed by atoms with Gasteiger partial charge in [-0.1, -0.05) is 30.4 Å². The van der Waals surface area contributed by atoms with E-state index in [9.17, 15) is 8.42 Å². The standard InChI is InChI=1S/C14H18ClNO3S/c1-4-14(2,3)16-20(18,19)13-8-7-11(6-5-9-17)10-12(13)15/h7-8,10,16-17H,4,9H2,1-3H3. The van der Waals surface area contributed by atoms with Crippen molar-refractivity contribution in [2.75, 3.05) is 6.61 Å². The molecule has 1 rings (SSSR count). The van der Waals surface area contributed by atoms with Gasteiger partial charge < -0.3 is 5.11 Å². The summed E-state index contributed by atoms with van der Waals surface area (Å²) in [7, 11) is -3.68. The second kappa shape index (κ2) is 6.59. The molecule has 0 radical (unpaired) electrons. The Balaban J connectivity index is 3.14. The van der Waals surface area contributed by atoms with Crippen molar-refractivity contribution in [3.63, 3.8) is 0 Å². The molecule has 0 aliphatic heterocycles. The molecule has 0 fully saturated rings. The fraction of sp³-hybridized carbons (Fsp3) is 0.429. The van der Waals surface area contributed by atoms with Crippen LogP contribution in [0.25, 0.3) is 0 Å². The van der Waals surface area contributed by atoms with Crippen LogP contribution in [0.4, 0.5) is 0 Å². The van der Waals surface area contributed by atoms with Crippen molar-refractivity contribution in [3.8, 4) is 11.8 Å². The predicted octanol–water partition coefficient (Wildman–Crippen LogP) is 2.15. The van der Waals surface area contributed by atoms with Crippen molar-refractivity contribution >= 4 is 21.6 Å². The van der Waals surface area contributed by atoms with Crippen LogP contribution in [0.5, 0.6) is 0 Å². The van der Waals surface area contributed by atoms with Crippen LogP contribution >= 0.6 is 11.6 Å². The molecular formula is C14H18ClNO3S. The van der Waals surface area contributed by atoms with Crippen LogP contribution in [-0.2, 0) is 10.0 Å². The molecule has 0 aromatic heterocycles. The molecule has 0 bridgehead atoms. The van der Waals surface area contributed by atoms with Crippen molar-refractivity contribution in [3.05, 3.63) is 28.8 Å². The number of aliphatic hydroxyl groups is 1. The Bertz CT molecular complexity index is 642. The van der Waals surface area contributed by atoms with Gasteiger partial charge in [0.05, 0.1) is 5.02 Å². The minimum absolute atomic E-state index is 0.0234. The van der Waals surface area contributed by atoms with Crippen LogP contribution in [0.15, 0.2) is 23.1 Å². The summed E-state index contributed by atoms with van der Waals surface area (Å²) in [5.41, 5.74) is 0.00935. The van der Waals surface area contributed by atoms with E-state index in [1.165, 1.54) is 12.1 Å². The molecule has 0 spiro atoms. The first-order chi connectivity index (χ1) is 9.22. The Morgan fingerprint density at radius 3 is 2.55 bits per heavy atom. The monoisotopic (exact) mass is 315 g/mol. The third-order valence-corrected chi connectivity index (χ3v) is 5.01. The summed E-state index contributed by atoms with van der Waals surface area (Å²) >= 11 is 6.02. The molecule has 2 N–H and O–H groups in total. The zero-order chi connectivity index (χ0) is 15.4. The van der Waals surface area contributed by atoms with Gasteiger partial charge in [0, 0.05) is 11.1 Å². The van der Waals surface area contributed by atoms with Crippen LogP contribution in [0.3, 0.4) is 0 Å². The normalized spacial score (nSPS) is 11.8. The minimum Gasteiger partial charge on any atom is -0.384 e. The van der Waals surface area contributed by atoms with Crippen molar-refractivity contribution in [1.82, 2.24) is 4.72 Å². The van der Waals surface area contributed by atoms with Gasteiger partial charge in [0.2, 0.25) is 10.0 Å². The van der Waals surface area contributed by atoms with E-state index in [0.29, 0.717) is 12.0 Å². The van der Waals surface area contributed by atoms with Gasteiger partial charge in [0.15, 0.2) is 0 Å².